The van der Waals surface area contributed by atoms with Gasteiger partial charge in [-0.1, -0.05) is 6.92 Å². The minimum Gasteiger partial charge on any atom is -0.334 e. The van der Waals surface area contributed by atoms with Gasteiger partial charge in [-0.15, -0.1) is 0 Å². The zero-order valence-corrected chi connectivity index (χ0v) is 11.5. The molecule has 0 bridgehead atoms. The van der Waals surface area contributed by atoms with Crippen LogP contribution in [0.5, 0.6) is 0 Å². The predicted molar refractivity (Wildman–Crippen MR) is 69.9 cm³/mol. The van der Waals surface area contributed by atoms with Gasteiger partial charge in [-0.25, -0.2) is 13.2 Å². The van der Waals surface area contributed by atoms with E-state index in [9.17, 15) is 22.8 Å². The molecule has 1 aromatic carbocycles. The van der Waals surface area contributed by atoms with E-state index in [-0.39, 0.29) is 5.92 Å². The van der Waals surface area contributed by atoms with Crippen LogP contribution in [0.25, 0.3) is 0 Å². The van der Waals surface area contributed by atoms with Gasteiger partial charge in [0.2, 0.25) is 0 Å². The molecule has 1 fully saturated rings. The molecule has 0 radical (unpaired) electrons. The summed E-state index contributed by atoms with van der Waals surface area (Å²) in [5.74, 6) is -6.15. The van der Waals surface area contributed by atoms with Crippen LogP contribution in [0.1, 0.15) is 19.8 Å². The third-order valence-electron chi connectivity index (χ3n) is 3.42. The van der Waals surface area contributed by atoms with E-state index in [1.165, 1.54) is 4.90 Å². The largest absolute Gasteiger partial charge is 0.334 e. The monoisotopic (exact) mass is 300 g/mol. The van der Waals surface area contributed by atoms with Crippen molar-refractivity contribution in [2.75, 3.05) is 18.4 Å². The van der Waals surface area contributed by atoms with Crippen molar-refractivity contribution < 1.29 is 22.8 Å². The summed E-state index contributed by atoms with van der Waals surface area (Å²) in [7, 11) is 0. The first-order chi connectivity index (χ1) is 9.90. The Hall–Kier alpha value is -2.05. The number of hydrogen-bond acceptors (Lipinski definition) is 2. The highest BCUT2D eigenvalue weighted by Crippen LogP contribution is 2.20. The number of anilines is 1. The fourth-order valence-corrected chi connectivity index (χ4v) is 2.32. The molecule has 1 heterocycles. The predicted octanol–water partition coefficient (Wildman–Crippen LogP) is 2.30. The van der Waals surface area contributed by atoms with E-state index in [4.69, 9.17) is 0 Å². The molecule has 1 unspecified atom stereocenters. The van der Waals surface area contributed by atoms with Crippen molar-refractivity contribution in [3.8, 4) is 0 Å². The second kappa shape index (κ2) is 6.15. The molecule has 21 heavy (non-hydrogen) atoms. The van der Waals surface area contributed by atoms with Crippen LogP contribution in [0.4, 0.5) is 18.9 Å². The standard InChI is InChI=1S/C14H15F3N2O2/c1-8-3-2-6-19(7-8)14(21)13(20)18-10-5-4-9(15)11(16)12(10)17/h4-5,8H,2-3,6-7H2,1H3,(H,18,20). The lowest BCUT2D eigenvalue weighted by Crippen LogP contribution is -2.44. The van der Waals surface area contributed by atoms with E-state index in [1.807, 2.05) is 12.2 Å². The van der Waals surface area contributed by atoms with Crippen LogP contribution >= 0.6 is 0 Å². The normalized spacial score (nSPS) is 18.5. The summed E-state index contributed by atoms with van der Waals surface area (Å²) in [5, 5.41) is 1.98. The van der Waals surface area contributed by atoms with Crippen LogP contribution < -0.4 is 5.32 Å². The van der Waals surface area contributed by atoms with Gasteiger partial charge < -0.3 is 10.2 Å². The lowest BCUT2D eigenvalue weighted by Gasteiger charge is -2.30. The van der Waals surface area contributed by atoms with Crippen molar-refractivity contribution in [2.45, 2.75) is 19.8 Å². The highest BCUT2D eigenvalue weighted by atomic mass is 19.2. The molecule has 0 spiro atoms. The Morgan fingerprint density at radius 1 is 1.24 bits per heavy atom. The third-order valence-corrected chi connectivity index (χ3v) is 3.42. The Morgan fingerprint density at radius 2 is 1.95 bits per heavy atom. The van der Waals surface area contributed by atoms with E-state index in [2.05, 4.69) is 0 Å². The molecule has 2 rings (SSSR count). The van der Waals surface area contributed by atoms with Gasteiger partial charge in [0.25, 0.3) is 0 Å². The Labute approximate surface area is 119 Å². The number of nitrogens with zero attached hydrogens (tertiary/aromatic N) is 1. The van der Waals surface area contributed by atoms with Crippen molar-refractivity contribution in [2.24, 2.45) is 5.92 Å². The Morgan fingerprint density at radius 3 is 2.62 bits per heavy atom. The first-order valence-electron chi connectivity index (χ1n) is 6.64. The van der Waals surface area contributed by atoms with Crippen LogP contribution in [0.15, 0.2) is 12.1 Å². The number of nitrogens with one attached hydrogen (secondary N) is 1. The molecule has 1 saturated heterocycles. The maximum absolute atomic E-state index is 13.4. The molecule has 1 atom stereocenters. The van der Waals surface area contributed by atoms with Gasteiger partial charge in [0.1, 0.15) is 0 Å². The first kappa shape index (κ1) is 15.3. The zero-order valence-electron chi connectivity index (χ0n) is 11.5. The molecular formula is C14H15F3N2O2. The zero-order chi connectivity index (χ0) is 15.6. The van der Waals surface area contributed by atoms with Gasteiger partial charge in [0.15, 0.2) is 17.5 Å². The molecule has 4 nitrogen and oxygen atoms in total. The number of carbonyl (C=O) groups excluding carboxylic acids is 2. The molecule has 114 valence electrons. The molecule has 0 aliphatic carbocycles. The molecular weight excluding hydrogens is 285 g/mol. The Bertz CT molecular complexity index is 578. The van der Waals surface area contributed by atoms with E-state index in [0.29, 0.717) is 19.2 Å². The van der Waals surface area contributed by atoms with E-state index in [0.717, 1.165) is 18.9 Å². The van der Waals surface area contributed by atoms with Crippen LogP contribution in [0.3, 0.4) is 0 Å². The quantitative estimate of drug-likeness (QED) is 0.639. The molecule has 0 aromatic heterocycles. The minimum atomic E-state index is -1.69. The van der Waals surface area contributed by atoms with E-state index < -0.39 is 35.0 Å². The number of amides is 2. The summed E-state index contributed by atoms with van der Waals surface area (Å²) in [6.07, 6.45) is 1.77. The molecule has 1 aromatic rings. The number of carbonyl (C=O) groups is 2. The van der Waals surface area contributed by atoms with Crippen molar-refractivity contribution in [3.05, 3.63) is 29.6 Å². The van der Waals surface area contributed by atoms with Gasteiger partial charge in [0, 0.05) is 13.1 Å². The first-order valence-corrected chi connectivity index (χ1v) is 6.64. The van der Waals surface area contributed by atoms with Gasteiger partial charge in [0.05, 0.1) is 5.69 Å². The smallest absolute Gasteiger partial charge is 0.313 e. The fourth-order valence-electron chi connectivity index (χ4n) is 2.32. The van der Waals surface area contributed by atoms with Gasteiger partial charge in [-0.3, -0.25) is 9.59 Å². The summed E-state index contributed by atoms with van der Waals surface area (Å²) >= 11 is 0. The van der Waals surface area contributed by atoms with Crippen LogP contribution in [-0.4, -0.2) is 29.8 Å². The lowest BCUT2D eigenvalue weighted by molar-refractivity contribution is -0.144. The fraction of sp³-hybridized carbons (Fsp3) is 0.429. The summed E-state index contributed by atoms with van der Waals surface area (Å²) in [6.45, 7) is 2.87. The van der Waals surface area contributed by atoms with Crippen molar-refractivity contribution in [1.82, 2.24) is 4.90 Å². The number of benzene rings is 1. The summed E-state index contributed by atoms with van der Waals surface area (Å²) in [5.41, 5.74) is -0.558. The molecule has 1 N–H and O–H groups in total. The van der Waals surface area contributed by atoms with Gasteiger partial charge >= 0.3 is 11.8 Å². The maximum Gasteiger partial charge on any atom is 0.313 e. The van der Waals surface area contributed by atoms with Crippen LogP contribution in [0.2, 0.25) is 0 Å². The minimum absolute atomic E-state index is 0.288. The van der Waals surface area contributed by atoms with Gasteiger partial charge in [-0.05, 0) is 30.9 Å². The number of halogens is 3. The van der Waals surface area contributed by atoms with Crippen LogP contribution in [0, 0.1) is 23.4 Å². The van der Waals surface area contributed by atoms with E-state index >= 15 is 0 Å². The maximum atomic E-state index is 13.4. The average Bonchev–Trinajstić information content (AvgIpc) is 2.47. The average molecular weight is 300 g/mol. The van der Waals surface area contributed by atoms with Crippen molar-refractivity contribution >= 4 is 17.5 Å². The van der Waals surface area contributed by atoms with Crippen LogP contribution in [-0.2, 0) is 9.59 Å². The molecule has 1 aliphatic heterocycles. The molecule has 0 saturated carbocycles. The number of piperidine rings is 1. The summed E-state index contributed by atoms with van der Waals surface area (Å²) in [4.78, 5) is 25.1. The number of likely N-dealkylation sites (tertiary alicyclic amines) is 1. The molecule has 1 aliphatic rings. The SMILES string of the molecule is CC1CCCN(C(=O)C(=O)Nc2ccc(F)c(F)c2F)C1. The van der Waals surface area contributed by atoms with Crippen molar-refractivity contribution in [1.29, 1.82) is 0 Å². The third kappa shape index (κ3) is 3.34. The molecule has 2 amide bonds. The topological polar surface area (TPSA) is 49.4 Å². The second-order valence-corrected chi connectivity index (χ2v) is 5.18. The highest BCUT2D eigenvalue weighted by molar-refractivity contribution is 6.39. The number of hydrogen-bond donors (Lipinski definition) is 1. The number of rotatable bonds is 1. The lowest BCUT2D eigenvalue weighted by atomic mass is 10.0. The van der Waals surface area contributed by atoms with Gasteiger partial charge in [-0.2, -0.15) is 0 Å². The Balaban J connectivity index is 2.07. The molecule has 7 heteroatoms. The second-order valence-electron chi connectivity index (χ2n) is 5.18. The Kier molecular flexibility index (Phi) is 4.50. The van der Waals surface area contributed by atoms with E-state index in [1.54, 1.807) is 0 Å². The summed E-state index contributed by atoms with van der Waals surface area (Å²) < 4.78 is 39.3. The van der Waals surface area contributed by atoms with Crippen molar-refractivity contribution in [3.63, 3.8) is 0 Å². The highest BCUT2D eigenvalue weighted by Gasteiger charge is 2.27. The summed E-state index contributed by atoms with van der Waals surface area (Å²) in [6, 6.07) is 1.55.